The van der Waals surface area contributed by atoms with Crippen molar-refractivity contribution in [2.24, 2.45) is 0 Å². The lowest BCUT2D eigenvalue weighted by Gasteiger charge is -2.33. The fourth-order valence-corrected chi connectivity index (χ4v) is 6.27. The number of sulfonamides is 1. The largest absolute Gasteiger partial charge is 0.357 e. The first-order valence-electron chi connectivity index (χ1n) is 13.2. The number of carbonyl (C=O) groups excluding carboxylic acids is 2. The second kappa shape index (κ2) is 13.9. The molecule has 4 aromatic carbocycles. The maximum Gasteiger partial charge on any atom is 0.264 e. The second-order valence-corrected chi connectivity index (χ2v) is 12.4. The third-order valence-corrected chi connectivity index (χ3v) is 9.31. The van der Waals surface area contributed by atoms with Crippen molar-refractivity contribution in [3.63, 3.8) is 0 Å². The van der Waals surface area contributed by atoms with Crippen LogP contribution in [0.2, 0.25) is 10.0 Å². The van der Waals surface area contributed by atoms with Crippen molar-refractivity contribution in [2.75, 3.05) is 17.9 Å². The third kappa shape index (κ3) is 7.50. The minimum absolute atomic E-state index is 0.00619. The topological polar surface area (TPSA) is 86.8 Å². The number of amides is 2. The van der Waals surface area contributed by atoms with E-state index in [-0.39, 0.29) is 23.8 Å². The molecule has 42 heavy (non-hydrogen) atoms. The van der Waals surface area contributed by atoms with Gasteiger partial charge in [-0.25, -0.2) is 8.42 Å². The molecular weight excluding hydrogens is 593 g/mol. The van der Waals surface area contributed by atoms with E-state index in [2.05, 4.69) is 5.32 Å². The molecule has 0 aliphatic rings. The van der Waals surface area contributed by atoms with Crippen LogP contribution in [0.4, 0.5) is 5.69 Å². The normalized spacial score (nSPS) is 11.9. The van der Waals surface area contributed by atoms with Gasteiger partial charge in [-0.05, 0) is 54.4 Å². The number of aryl methyl sites for hydroxylation is 1. The van der Waals surface area contributed by atoms with Gasteiger partial charge in [-0.15, -0.1) is 0 Å². The number of rotatable bonds is 11. The van der Waals surface area contributed by atoms with Crippen LogP contribution in [-0.2, 0) is 32.6 Å². The number of nitrogens with zero attached hydrogens (tertiary/aromatic N) is 2. The van der Waals surface area contributed by atoms with Crippen LogP contribution in [0, 0.1) is 6.92 Å². The number of benzene rings is 4. The van der Waals surface area contributed by atoms with Gasteiger partial charge in [0.05, 0.1) is 20.6 Å². The highest BCUT2D eigenvalue weighted by Crippen LogP contribution is 2.27. The molecule has 4 aromatic rings. The summed E-state index contributed by atoms with van der Waals surface area (Å²) in [5, 5.41) is 3.31. The first-order chi connectivity index (χ1) is 20.1. The Bertz CT molecular complexity index is 1630. The van der Waals surface area contributed by atoms with Crippen LogP contribution in [0.25, 0.3) is 0 Å². The zero-order valence-corrected chi connectivity index (χ0v) is 25.5. The number of hydrogen-bond acceptors (Lipinski definition) is 4. The van der Waals surface area contributed by atoms with Crippen molar-refractivity contribution in [3.05, 3.63) is 130 Å². The fourth-order valence-electron chi connectivity index (χ4n) is 4.51. The summed E-state index contributed by atoms with van der Waals surface area (Å²) in [5.74, 6) is -0.953. The summed E-state index contributed by atoms with van der Waals surface area (Å²) in [6, 6.07) is 28.2. The smallest absolute Gasteiger partial charge is 0.264 e. The first kappa shape index (κ1) is 31.1. The van der Waals surface area contributed by atoms with Crippen LogP contribution in [0.5, 0.6) is 0 Å². The molecule has 0 bridgehead atoms. The lowest BCUT2D eigenvalue weighted by atomic mass is 10.0. The van der Waals surface area contributed by atoms with Crippen LogP contribution in [0.3, 0.4) is 0 Å². The van der Waals surface area contributed by atoms with Crippen molar-refractivity contribution in [1.29, 1.82) is 0 Å². The average molecular weight is 625 g/mol. The van der Waals surface area contributed by atoms with E-state index in [0.29, 0.717) is 21.3 Å². The average Bonchev–Trinajstić information content (AvgIpc) is 3.00. The van der Waals surface area contributed by atoms with Gasteiger partial charge in [0.1, 0.15) is 12.6 Å². The lowest BCUT2D eigenvalue weighted by molar-refractivity contribution is -0.139. The Morgan fingerprint density at radius 3 is 2.02 bits per heavy atom. The van der Waals surface area contributed by atoms with Crippen LogP contribution >= 0.6 is 23.2 Å². The highest BCUT2D eigenvalue weighted by molar-refractivity contribution is 7.92. The Morgan fingerprint density at radius 2 is 1.43 bits per heavy atom. The number of anilines is 1. The van der Waals surface area contributed by atoms with Gasteiger partial charge in [0, 0.05) is 20.0 Å². The van der Waals surface area contributed by atoms with E-state index in [0.717, 1.165) is 15.4 Å². The molecule has 1 unspecified atom stereocenters. The molecule has 0 saturated carbocycles. The Balaban J connectivity index is 1.79. The van der Waals surface area contributed by atoms with Gasteiger partial charge in [-0.2, -0.15) is 0 Å². The summed E-state index contributed by atoms with van der Waals surface area (Å²) in [5.41, 5.74) is 2.73. The minimum atomic E-state index is -4.14. The molecule has 0 fully saturated rings. The molecule has 0 radical (unpaired) electrons. The molecule has 0 heterocycles. The Hall–Kier alpha value is -3.85. The van der Waals surface area contributed by atoms with Gasteiger partial charge >= 0.3 is 0 Å². The summed E-state index contributed by atoms with van der Waals surface area (Å²) in [6.07, 6.45) is 0.212. The molecule has 7 nitrogen and oxygen atoms in total. The molecule has 218 valence electrons. The number of halogens is 2. The van der Waals surface area contributed by atoms with Gasteiger partial charge in [0.15, 0.2) is 0 Å². The van der Waals surface area contributed by atoms with E-state index in [1.807, 2.05) is 37.3 Å². The SMILES string of the molecule is CNC(=O)C(Cc1ccccc1)N(Cc1ccc(Cl)c(Cl)c1)C(=O)CN(c1ccc(C)cc1)S(=O)(=O)c1ccccc1. The minimum Gasteiger partial charge on any atom is -0.357 e. The summed E-state index contributed by atoms with van der Waals surface area (Å²) in [7, 11) is -2.64. The monoisotopic (exact) mass is 623 g/mol. The first-order valence-corrected chi connectivity index (χ1v) is 15.4. The number of carbonyl (C=O) groups is 2. The maximum atomic E-state index is 14.3. The molecule has 0 aliphatic heterocycles. The maximum absolute atomic E-state index is 14.3. The van der Waals surface area contributed by atoms with Crippen LogP contribution in [0.15, 0.2) is 108 Å². The zero-order chi connectivity index (χ0) is 30.3. The van der Waals surface area contributed by atoms with E-state index in [4.69, 9.17) is 23.2 Å². The molecule has 0 aliphatic carbocycles. The van der Waals surface area contributed by atoms with E-state index in [1.165, 1.54) is 24.1 Å². The molecule has 0 aromatic heterocycles. The third-order valence-electron chi connectivity index (χ3n) is 6.79. The Kier molecular flexibility index (Phi) is 10.3. The van der Waals surface area contributed by atoms with Crippen molar-refractivity contribution in [2.45, 2.75) is 30.8 Å². The van der Waals surface area contributed by atoms with Crippen LogP contribution in [-0.4, -0.2) is 44.8 Å². The molecule has 10 heteroatoms. The van der Waals surface area contributed by atoms with Gasteiger partial charge in [0.25, 0.3) is 10.0 Å². The van der Waals surface area contributed by atoms with Gasteiger partial charge < -0.3 is 10.2 Å². The summed E-state index contributed by atoms with van der Waals surface area (Å²) in [6.45, 7) is 1.35. The van der Waals surface area contributed by atoms with E-state index >= 15 is 0 Å². The number of likely N-dealkylation sites (N-methyl/N-ethyl adjacent to an activating group) is 1. The number of hydrogen-bond donors (Lipinski definition) is 1. The van der Waals surface area contributed by atoms with E-state index in [9.17, 15) is 18.0 Å². The van der Waals surface area contributed by atoms with Gasteiger partial charge in [-0.3, -0.25) is 13.9 Å². The van der Waals surface area contributed by atoms with Crippen LogP contribution in [0.1, 0.15) is 16.7 Å². The fraction of sp³-hybridized carbons (Fsp3) is 0.188. The highest BCUT2D eigenvalue weighted by atomic mass is 35.5. The Labute approximate surface area is 256 Å². The summed E-state index contributed by atoms with van der Waals surface area (Å²) >= 11 is 12.4. The van der Waals surface area contributed by atoms with E-state index in [1.54, 1.807) is 60.7 Å². The van der Waals surface area contributed by atoms with Gasteiger partial charge in [0.2, 0.25) is 11.8 Å². The standard InChI is InChI=1S/C32H31Cl2N3O4S/c1-23-13-16-26(17-14-23)37(42(40,41)27-11-7-4-8-12-27)22-31(38)36(21-25-15-18-28(33)29(34)19-25)30(32(39)35-2)20-24-9-5-3-6-10-24/h3-19,30H,20-22H2,1-2H3,(H,35,39). The molecule has 0 saturated heterocycles. The molecule has 4 rings (SSSR count). The molecule has 0 spiro atoms. The van der Waals surface area contributed by atoms with Crippen molar-refractivity contribution in [1.82, 2.24) is 10.2 Å². The summed E-state index contributed by atoms with van der Waals surface area (Å²) < 4.78 is 28.9. The van der Waals surface area contributed by atoms with Gasteiger partial charge in [-0.1, -0.05) is 95.5 Å². The van der Waals surface area contributed by atoms with Crippen molar-refractivity contribution >= 4 is 50.7 Å². The molecule has 1 N–H and O–H groups in total. The molecule has 1 atom stereocenters. The quantitative estimate of drug-likeness (QED) is 0.226. The molecule has 2 amide bonds. The second-order valence-electron chi connectivity index (χ2n) is 9.75. The highest BCUT2D eigenvalue weighted by Gasteiger charge is 2.34. The summed E-state index contributed by atoms with van der Waals surface area (Å²) in [4.78, 5) is 29.0. The molecular formula is C32H31Cl2N3O4S. The number of nitrogens with one attached hydrogen (secondary N) is 1. The van der Waals surface area contributed by atoms with Crippen molar-refractivity contribution < 1.29 is 18.0 Å². The lowest BCUT2D eigenvalue weighted by Crippen LogP contribution is -2.53. The predicted octanol–water partition coefficient (Wildman–Crippen LogP) is 5.88. The van der Waals surface area contributed by atoms with Crippen LogP contribution < -0.4 is 9.62 Å². The predicted molar refractivity (Wildman–Crippen MR) is 167 cm³/mol. The Morgan fingerprint density at radius 1 is 0.810 bits per heavy atom. The van der Waals surface area contributed by atoms with Crippen molar-refractivity contribution in [3.8, 4) is 0 Å². The van der Waals surface area contributed by atoms with E-state index < -0.39 is 28.5 Å². The zero-order valence-electron chi connectivity index (χ0n) is 23.2.